The molecule has 0 aromatic heterocycles. The number of benzene rings is 1. The molecule has 0 bridgehead atoms. The molecule has 1 rings (SSSR count). The molecule has 0 saturated heterocycles. The van der Waals surface area contributed by atoms with Crippen molar-refractivity contribution in [1.82, 2.24) is 0 Å². The number of ether oxygens (including phenoxy) is 1. The highest BCUT2D eigenvalue weighted by molar-refractivity contribution is 5.71. The Labute approximate surface area is 109 Å². The van der Waals surface area contributed by atoms with Crippen molar-refractivity contribution in [3.8, 4) is 5.75 Å². The Balaban J connectivity index is 2.34. The molecular formula is C15H22O3. The highest BCUT2D eigenvalue weighted by Crippen LogP contribution is 2.19. The van der Waals surface area contributed by atoms with Crippen molar-refractivity contribution < 1.29 is 14.6 Å². The molecule has 0 aliphatic carbocycles. The lowest BCUT2D eigenvalue weighted by atomic mass is 10.1. The van der Waals surface area contributed by atoms with Gasteiger partial charge < -0.3 is 9.84 Å². The van der Waals surface area contributed by atoms with Crippen LogP contribution in [-0.4, -0.2) is 17.7 Å². The van der Waals surface area contributed by atoms with Crippen LogP contribution >= 0.6 is 0 Å². The van der Waals surface area contributed by atoms with Crippen molar-refractivity contribution in [3.05, 3.63) is 29.8 Å². The Bertz CT molecular complexity index is 361. The van der Waals surface area contributed by atoms with Crippen LogP contribution in [-0.2, 0) is 11.2 Å². The first-order valence-corrected chi connectivity index (χ1v) is 6.66. The van der Waals surface area contributed by atoms with Crippen LogP contribution < -0.4 is 4.74 Å². The normalized spacial score (nSPS) is 10.3. The molecular weight excluding hydrogens is 228 g/mol. The Hall–Kier alpha value is -1.51. The molecule has 0 aliphatic rings. The zero-order valence-corrected chi connectivity index (χ0v) is 11.0. The quantitative estimate of drug-likeness (QED) is 0.680. The van der Waals surface area contributed by atoms with Crippen LogP contribution in [0.25, 0.3) is 0 Å². The standard InChI is InChI=1S/C15H22O3/c1-2-3-4-5-8-11-18-14-10-7-6-9-13(14)12-15(16)17/h6-7,9-10H,2-5,8,11-12H2,1H3,(H,16,17). The third kappa shape index (κ3) is 5.71. The van der Waals surface area contributed by atoms with Gasteiger partial charge in [-0.05, 0) is 12.5 Å². The van der Waals surface area contributed by atoms with Gasteiger partial charge in [-0.3, -0.25) is 4.79 Å². The van der Waals surface area contributed by atoms with Crippen LogP contribution in [0.3, 0.4) is 0 Å². The lowest BCUT2D eigenvalue weighted by Gasteiger charge is -2.10. The average Bonchev–Trinajstić information content (AvgIpc) is 2.35. The highest BCUT2D eigenvalue weighted by Gasteiger charge is 2.06. The third-order valence-corrected chi connectivity index (χ3v) is 2.82. The second-order valence-corrected chi connectivity index (χ2v) is 4.44. The van der Waals surface area contributed by atoms with Gasteiger partial charge in [0.25, 0.3) is 0 Å². The van der Waals surface area contributed by atoms with Gasteiger partial charge in [0.1, 0.15) is 5.75 Å². The van der Waals surface area contributed by atoms with Crippen molar-refractivity contribution in [3.63, 3.8) is 0 Å². The van der Waals surface area contributed by atoms with E-state index in [0.29, 0.717) is 12.4 Å². The summed E-state index contributed by atoms with van der Waals surface area (Å²) in [6.45, 7) is 2.86. The summed E-state index contributed by atoms with van der Waals surface area (Å²) in [6.07, 6.45) is 5.98. The first-order chi connectivity index (χ1) is 8.74. The van der Waals surface area contributed by atoms with E-state index in [0.717, 1.165) is 12.0 Å². The minimum atomic E-state index is -0.825. The number of carboxylic acid groups (broad SMARTS) is 1. The number of carbonyl (C=O) groups is 1. The largest absolute Gasteiger partial charge is 0.493 e. The summed E-state index contributed by atoms with van der Waals surface area (Å²) >= 11 is 0. The van der Waals surface area contributed by atoms with E-state index in [1.165, 1.54) is 25.7 Å². The summed E-state index contributed by atoms with van der Waals surface area (Å²) in [4.78, 5) is 10.7. The second-order valence-electron chi connectivity index (χ2n) is 4.44. The predicted molar refractivity (Wildman–Crippen MR) is 72.0 cm³/mol. The molecule has 1 aromatic carbocycles. The summed E-state index contributed by atoms with van der Waals surface area (Å²) in [5, 5.41) is 8.80. The van der Waals surface area contributed by atoms with Gasteiger partial charge in [-0.15, -0.1) is 0 Å². The average molecular weight is 250 g/mol. The number of rotatable bonds is 9. The molecule has 0 amide bonds. The molecule has 18 heavy (non-hydrogen) atoms. The van der Waals surface area contributed by atoms with E-state index in [4.69, 9.17) is 9.84 Å². The molecule has 0 unspecified atom stereocenters. The monoisotopic (exact) mass is 250 g/mol. The molecule has 100 valence electrons. The number of para-hydroxylation sites is 1. The molecule has 1 aromatic rings. The fraction of sp³-hybridized carbons (Fsp3) is 0.533. The first-order valence-electron chi connectivity index (χ1n) is 6.66. The van der Waals surface area contributed by atoms with E-state index in [1.807, 2.05) is 18.2 Å². The van der Waals surface area contributed by atoms with Gasteiger partial charge in [-0.2, -0.15) is 0 Å². The molecule has 0 aliphatic heterocycles. The number of aliphatic carboxylic acids is 1. The minimum Gasteiger partial charge on any atom is -0.493 e. The van der Waals surface area contributed by atoms with Gasteiger partial charge in [0, 0.05) is 5.56 Å². The van der Waals surface area contributed by atoms with Gasteiger partial charge >= 0.3 is 5.97 Å². The molecule has 3 nitrogen and oxygen atoms in total. The number of hydrogen-bond donors (Lipinski definition) is 1. The van der Waals surface area contributed by atoms with Gasteiger partial charge in [0.15, 0.2) is 0 Å². The van der Waals surface area contributed by atoms with E-state index >= 15 is 0 Å². The van der Waals surface area contributed by atoms with Crippen LogP contribution in [0.15, 0.2) is 24.3 Å². The number of unbranched alkanes of at least 4 members (excludes halogenated alkanes) is 4. The lowest BCUT2D eigenvalue weighted by Crippen LogP contribution is -2.04. The summed E-state index contributed by atoms with van der Waals surface area (Å²) in [7, 11) is 0. The maximum Gasteiger partial charge on any atom is 0.307 e. The fourth-order valence-corrected chi connectivity index (χ4v) is 1.84. The molecule has 3 heteroatoms. The molecule has 0 spiro atoms. The lowest BCUT2D eigenvalue weighted by molar-refractivity contribution is -0.136. The number of carboxylic acids is 1. The predicted octanol–water partition coefficient (Wildman–Crippen LogP) is 3.66. The van der Waals surface area contributed by atoms with Gasteiger partial charge in [-0.1, -0.05) is 50.8 Å². The molecule has 0 heterocycles. The minimum absolute atomic E-state index is 0.0198. The number of hydrogen-bond acceptors (Lipinski definition) is 2. The summed E-state index contributed by atoms with van der Waals surface area (Å²) < 4.78 is 5.65. The molecule has 0 atom stereocenters. The summed E-state index contributed by atoms with van der Waals surface area (Å²) in [6, 6.07) is 7.36. The van der Waals surface area contributed by atoms with Crippen molar-refractivity contribution in [1.29, 1.82) is 0 Å². The summed E-state index contributed by atoms with van der Waals surface area (Å²) in [5.41, 5.74) is 0.749. The van der Waals surface area contributed by atoms with E-state index < -0.39 is 5.97 Å². The fourth-order valence-electron chi connectivity index (χ4n) is 1.84. The maximum absolute atomic E-state index is 10.7. The zero-order valence-electron chi connectivity index (χ0n) is 11.0. The summed E-state index contributed by atoms with van der Waals surface area (Å²) in [5.74, 6) is -0.121. The Morgan fingerprint density at radius 3 is 2.61 bits per heavy atom. The topological polar surface area (TPSA) is 46.5 Å². The van der Waals surface area contributed by atoms with Gasteiger partial charge in [0.2, 0.25) is 0 Å². The van der Waals surface area contributed by atoms with Crippen molar-refractivity contribution in [2.75, 3.05) is 6.61 Å². The smallest absolute Gasteiger partial charge is 0.307 e. The third-order valence-electron chi connectivity index (χ3n) is 2.82. The van der Waals surface area contributed by atoms with Gasteiger partial charge in [-0.25, -0.2) is 0 Å². The highest BCUT2D eigenvalue weighted by atomic mass is 16.5. The van der Waals surface area contributed by atoms with Gasteiger partial charge in [0.05, 0.1) is 13.0 Å². The Kier molecular flexibility index (Phi) is 6.92. The SMILES string of the molecule is CCCCCCCOc1ccccc1CC(=O)O. The van der Waals surface area contributed by atoms with Crippen LogP contribution in [0.1, 0.15) is 44.6 Å². The Morgan fingerprint density at radius 1 is 1.17 bits per heavy atom. The van der Waals surface area contributed by atoms with E-state index in [9.17, 15) is 4.79 Å². The van der Waals surface area contributed by atoms with E-state index in [-0.39, 0.29) is 6.42 Å². The maximum atomic E-state index is 10.7. The second kappa shape index (κ2) is 8.56. The van der Waals surface area contributed by atoms with Crippen molar-refractivity contribution >= 4 is 5.97 Å². The molecule has 0 fully saturated rings. The van der Waals surface area contributed by atoms with Crippen LogP contribution in [0, 0.1) is 0 Å². The Morgan fingerprint density at radius 2 is 1.89 bits per heavy atom. The van der Waals surface area contributed by atoms with E-state index in [2.05, 4.69) is 6.92 Å². The molecule has 0 saturated carbocycles. The molecule has 1 N–H and O–H groups in total. The van der Waals surface area contributed by atoms with Crippen molar-refractivity contribution in [2.45, 2.75) is 45.4 Å². The van der Waals surface area contributed by atoms with E-state index in [1.54, 1.807) is 6.07 Å². The first kappa shape index (κ1) is 14.6. The van der Waals surface area contributed by atoms with Crippen molar-refractivity contribution in [2.24, 2.45) is 0 Å². The van der Waals surface area contributed by atoms with Crippen LogP contribution in [0.5, 0.6) is 5.75 Å². The molecule has 0 radical (unpaired) electrons. The zero-order chi connectivity index (χ0) is 13.2. The van der Waals surface area contributed by atoms with Crippen LogP contribution in [0.4, 0.5) is 0 Å². The van der Waals surface area contributed by atoms with Crippen LogP contribution in [0.2, 0.25) is 0 Å².